The molecule has 3 aromatic rings. The number of hydrogen-bond donors (Lipinski definition) is 0. The van der Waals surface area contributed by atoms with Crippen LogP contribution >= 0.6 is 0 Å². The molecule has 1 aromatic carbocycles. The van der Waals surface area contributed by atoms with E-state index in [2.05, 4.69) is 15.0 Å². The second-order valence-corrected chi connectivity index (χ2v) is 4.96. The largest absolute Gasteiger partial charge is 0.296 e. The molecule has 0 N–H and O–H groups in total. The molecule has 1 aliphatic rings. The molecule has 0 amide bonds. The maximum absolute atomic E-state index is 12.6. The molecular formula is C16H10N4O2. The quantitative estimate of drug-likeness (QED) is 0.496. The molecule has 0 saturated carbocycles. The van der Waals surface area contributed by atoms with Crippen LogP contribution in [0.3, 0.4) is 0 Å². The second-order valence-electron chi connectivity index (χ2n) is 4.96. The molecule has 6 nitrogen and oxygen atoms in total. The van der Waals surface area contributed by atoms with Gasteiger partial charge in [-0.15, -0.1) is 0 Å². The first-order valence-corrected chi connectivity index (χ1v) is 6.69. The summed E-state index contributed by atoms with van der Waals surface area (Å²) in [7, 11) is 1.66. The van der Waals surface area contributed by atoms with Crippen molar-refractivity contribution < 1.29 is 4.79 Å². The molecule has 0 fully saturated rings. The van der Waals surface area contributed by atoms with Crippen molar-refractivity contribution >= 4 is 22.9 Å². The van der Waals surface area contributed by atoms with E-state index in [1.165, 1.54) is 10.8 Å². The van der Waals surface area contributed by atoms with Crippen LogP contribution in [0.15, 0.2) is 46.4 Å². The van der Waals surface area contributed by atoms with E-state index in [9.17, 15) is 9.59 Å². The summed E-state index contributed by atoms with van der Waals surface area (Å²) in [5, 5.41) is 0.395. The van der Waals surface area contributed by atoms with Crippen LogP contribution < -0.4 is 5.56 Å². The van der Waals surface area contributed by atoms with Gasteiger partial charge in [-0.05, 0) is 23.8 Å². The zero-order valence-electron chi connectivity index (χ0n) is 11.6. The van der Waals surface area contributed by atoms with Crippen LogP contribution in [-0.2, 0) is 0 Å². The van der Waals surface area contributed by atoms with E-state index in [0.717, 1.165) is 5.56 Å². The van der Waals surface area contributed by atoms with Gasteiger partial charge < -0.3 is 0 Å². The third kappa shape index (κ3) is 1.57. The lowest BCUT2D eigenvalue weighted by molar-refractivity contribution is 0.103. The minimum atomic E-state index is -0.280. The van der Waals surface area contributed by atoms with Gasteiger partial charge in [-0.25, -0.2) is 4.98 Å². The lowest BCUT2D eigenvalue weighted by Gasteiger charge is -2.05. The average molecular weight is 290 g/mol. The number of rotatable bonds is 1. The fraction of sp³-hybridized carbons (Fsp3) is 0.0625. The van der Waals surface area contributed by atoms with E-state index < -0.39 is 0 Å². The Morgan fingerprint density at radius 3 is 2.91 bits per heavy atom. The SMILES string of the molecule is CN=Cc1ccc2c(c1)C(=O)c1nc3ccncc3c(=O)n1-2. The molecule has 0 aliphatic carbocycles. The average Bonchev–Trinajstić information content (AvgIpc) is 2.81. The summed E-state index contributed by atoms with van der Waals surface area (Å²) in [6.45, 7) is 0. The molecule has 0 unspecified atom stereocenters. The van der Waals surface area contributed by atoms with E-state index in [1.807, 2.05) is 6.07 Å². The lowest BCUT2D eigenvalue weighted by atomic mass is 10.1. The number of aromatic nitrogens is 3. The van der Waals surface area contributed by atoms with Crippen molar-refractivity contribution in [2.24, 2.45) is 4.99 Å². The Balaban J connectivity index is 2.08. The van der Waals surface area contributed by atoms with Crippen LogP contribution in [0.2, 0.25) is 0 Å². The van der Waals surface area contributed by atoms with Gasteiger partial charge in [-0.3, -0.25) is 24.1 Å². The standard InChI is InChI=1S/C16H10N4O2/c1-17-7-9-2-3-13-10(6-9)14(21)15-19-12-4-5-18-8-11(12)16(22)20(13)15/h2-8H,1H3. The minimum absolute atomic E-state index is 0.143. The summed E-state index contributed by atoms with van der Waals surface area (Å²) in [5.74, 6) is -0.110. The normalized spacial score (nSPS) is 12.9. The van der Waals surface area contributed by atoms with Crippen LogP contribution in [0.1, 0.15) is 21.7 Å². The van der Waals surface area contributed by atoms with Crippen molar-refractivity contribution in [1.29, 1.82) is 0 Å². The molecule has 6 heteroatoms. The molecule has 0 radical (unpaired) electrons. The fourth-order valence-corrected chi connectivity index (χ4v) is 2.69. The van der Waals surface area contributed by atoms with Gasteiger partial charge in [0.2, 0.25) is 5.78 Å². The minimum Gasteiger partial charge on any atom is -0.296 e. The Kier molecular flexibility index (Phi) is 2.53. The van der Waals surface area contributed by atoms with E-state index in [4.69, 9.17) is 0 Å². The molecule has 0 bridgehead atoms. The van der Waals surface area contributed by atoms with Gasteiger partial charge in [0.05, 0.1) is 22.2 Å². The first kappa shape index (κ1) is 12.6. The number of ketones is 1. The van der Waals surface area contributed by atoms with Crippen molar-refractivity contribution in [3.8, 4) is 5.69 Å². The summed E-state index contributed by atoms with van der Waals surface area (Å²) >= 11 is 0. The van der Waals surface area contributed by atoms with Crippen molar-refractivity contribution in [1.82, 2.24) is 14.5 Å². The topological polar surface area (TPSA) is 77.2 Å². The van der Waals surface area contributed by atoms with Crippen molar-refractivity contribution in [2.45, 2.75) is 0 Å². The van der Waals surface area contributed by atoms with Crippen LogP contribution in [0.4, 0.5) is 0 Å². The van der Waals surface area contributed by atoms with Crippen LogP contribution in [0.25, 0.3) is 16.6 Å². The molecular weight excluding hydrogens is 280 g/mol. The summed E-state index contributed by atoms with van der Waals surface area (Å²) < 4.78 is 1.36. The fourth-order valence-electron chi connectivity index (χ4n) is 2.69. The Morgan fingerprint density at radius 2 is 2.09 bits per heavy atom. The zero-order valence-corrected chi connectivity index (χ0v) is 11.6. The number of benzene rings is 1. The third-order valence-corrected chi connectivity index (χ3v) is 3.66. The van der Waals surface area contributed by atoms with Gasteiger partial charge in [0.15, 0.2) is 5.82 Å². The van der Waals surface area contributed by atoms with Gasteiger partial charge in [0, 0.05) is 25.7 Å². The number of hydrogen-bond acceptors (Lipinski definition) is 5. The highest BCUT2D eigenvalue weighted by Crippen LogP contribution is 2.26. The van der Waals surface area contributed by atoms with Crippen molar-refractivity contribution in [3.63, 3.8) is 0 Å². The van der Waals surface area contributed by atoms with Gasteiger partial charge in [0.25, 0.3) is 5.56 Å². The number of carbonyl (C=O) groups excluding carboxylic acids is 1. The second kappa shape index (κ2) is 4.42. The van der Waals surface area contributed by atoms with Crippen molar-refractivity contribution in [3.05, 3.63) is 64.0 Å². The van der Waals surface area contributed by atoms with Crippen molar-refractivity contribution in [2.75, 3.05) is 7.05 Å². The maximum atomic E-state index is 12.6. The predicted octanol–water partition coefficient (Wildman–Crippen LogP) is 1.37. The Bertz CT molecular complexity index is 1030. The molecule has 4 rings (SSSR count). The zero-order chi connectivity index (χ0) is 15.3. The van der Waals surface area contributed by atoms with Gasteiger partial charge in [0.1, 0.15) is 0 Å². The number of aliphatic imine (C=N–C) groups is 1. The summed E-state index contributed by atoms with van der Waals surface area (Å²) in [6.07, 6.45) is 4.68. The number of fused-ring (bicyclic) bond motifs is 4. The molecule has 0 spiro atoms. The van der Waals surface area contributed by atoms with Gasteiger partial charge in [-0.1, -0.05) is 6.07 Å². The number of pyridine rings is 1. The predicted molar refractivity (Wildman–Crippen MR) is 82.1 cm³/mol. The lowest BCUT2D eigenvalue weighted by Crippen LogP contribution is -2.21. The summed E-state index contributed by atoms with van der Waals surface area (Å²) in [5.41, 5.74) is 2.02. The Hall–Kier alpha value is -3.15. The number of nitrogens with zero attached hydrogens (tertiary/aromatic N) is 4. The van der Waals surface area contributed by atoms with Crippen LogP contribution in [0.5, 0.6) is 0 Å². The Labute approximate surface area is 124 Å². The van der Waals surface area contributed by atoms with E-state index in [-0.39, 0.29) is 17.2 Å². The first-order chi connectivity index (χ1) is 10.7. The Morgan fingerprint density at radius 1 is 1.23 bits per heavy atom. The summed E-state index contributed by atoms with van der Waals surface area (Å²) in [6, 6.07) is 6.91. The highest BCUT2D eigenvalue weighted by molar-refractivity contribution is 6.14. The van der Waals surface area contributed by atoms with Crippen LogP contribution in [0, 0.1) is 0 Å². The van der Waals surface area contributed by atoms with Crippen LogP contribution in [-0.4, -0.2) is 33.6 Å². The first-order valence-electron chi connectivity index (χ1n) is 6.69. The molecule has 22 heavy (non-hydrogen) atoms. The van der Waals surface area contributed by atoms with E-state index in [1.54, 1.807) is 37.7 Å². The highest BCUT2D eigenvalue weighted by atomic mass is 16.1. The highest BCUT2D eigenvalue weighted by Gasteiger charge is 2.30. The molecule has 106 valence electrons. The maximum Gasteiger partial charge on any atom is 0.267 e. The molecule has 0 saturated heterocycles. The summed E-state index contributed by atoms with van der Waals surface area (Å²) in [4.78, 5) is 37.4. The smallest absolute Gasteiger partial charge is 0.267 e. The molecule has 3 heterocycles. The molecule has 2 aromatic heterocycles. The monoisotopic (exact) mass is 290 g/mol. The van der Waals surface area contributed by atoms with Gasteiger partial charge >= 0.3 is 0 Å². The molecule has 0 atom stereocenters. The van der Waals surface area contributed by atoms with E-state index in [0.29, 0.717) is 22.2 Å². The molecule has 1 aliphatic heterocycles. The third-order valence-electron chi connectivity index (χ3n) is 3.66. The number of carbonyl (C=O) groups is 1. The van der Waals surface area contributed by atoms with Gasteiger partial charge in [-0.2, -0.15) is 0 Å². The van der Waals surface area contributed by atoms with E-state index >= 15 is 0 Å².